The predicted octanol–water partition coefficient (Wildman–Crippen LogP) is 3.22. The third-order valence-corrected chi connectivity index (χ3v) is 3.48. The molecule has 0 spiro atoms. The molecular formula is C14H18N2O2S. The molecule has 0 unspecified atom stereocenters. The minimum absolute atomic E-state index is 0.0229. The number of nitrogens with zero attached hydrogens (tertiary/aromatic N) is 2. The van der Waals surface area contributed by atoms with Gasteiger partial charge in [-0.15, -0.1) is 11.3 Å². The lowest BCUT2D eigenvalue weighted by Crippen LogP contribution is -2.18. The molecule has 0 amide bonds. The third-order valence-electron chi connectivity index (χ3n) is 2.54. The summed E-state index contributed by atoms with van der Waals surface area (Å²) >= 11 is 1.62. The second kappa shape index (κ2) is 7.70. The van der Waals surface area contributed by atoms with E-state index in [1.165, 1.54) is 6.21 Å². The van der Waals surface area contributed by atoms with Crippen LogP contribution in [-0.2, 0) is 9.53 Å². The Morgan fingerprint density at radius 2 is 2.37 bits per heavy atom. The molecule has 0 radical (unpaired) electrons. The second-order valence-electron chi connectivity index (χ2n) is 4.36. The monoisotopic (exact) mass is 278 g/mol. The second-order valence-corrected chi connectivity index (χ2v) is 5.34. The highest BCUT2D eigenvalue weighted by molar-refractivity contribution is 7.10. The largest absolute Gasteiger partial charge is 0.465 e. The quantitative estimate of drug-likeness (QED) is 0.593. The number of aliphatic imine (C=N–C) groups is 1. The van der Waals surface area contributed by atoms with E-state index in [-0.39, 0.29) is 12.6 Å². The van der Waals surface area contributed by atoms with Crippen molar-refractivity contribution in [1.82, 2.24) is 0 Å². The van der Waals surface area contributed by atoms with Crippen molar-refractivity contribution in [2.24, 2.45) is 16.8 Å². The number of rotatable bonds is 6. The van der Waals surface area contributed by atoms with Crippen LogP contribution in [0.2, 0.25) is 0 Å². The number of ether oxygens (including phenoxy) is 1. The van der Waals surface area contributed by atoms with E-state index in [2.05, 4.69) is 18.8 Å². The van der Waals surface area contributed by atoms with Crippen LogP contribution < -0.4 is 0 Å². The summed E-state index contributed by atoms with van der Waals surface area (Å²) in [6, 6.07) is 5.87. The van der Waals surface area contributed by atoms with E-state index in [0.717, 1.165) is 4.88 Å². The van der Waals surface area contributed by atoms with E-state index in [4.69, 9.17) is 10.00 Å². The molecule has 0 aromatic carbocycles. The minimum Gasteiger partial charge on any atom is -0.465 e. The zero-order valence-corrected chi connectivity index (χ0v) is 12.2. The van der Waals surface area contributed by atoms with E-state index >= 15 is 0 Å². The molecular weight excluding hydrogens is 260 g/mol. The predicted molar refractivity (Wildman–Crippen MR) is 76.1 cm³/mol. The summed E-state index contributed by atoms with van der Waals surface area (Å²) in [5, 5.41) is 11.0. The molecule has 5 heteroatoms. The topological polar surface area (TPSA) is 62.5 Å². The third kappa shape index (κ3) is 4.49. The average molecular weight is 278 g/mol. The first-order valence-corrected chi connectivity index (χ1v) is 7.11. The molecule has 0 aliphatic rings. The Balaban J connectivity index is 2.81. The van der Waals surface area contributed by atoms with E-state index in [0.29, 0.717) is 5.92 Å². The first-order chi connectivity index (χ1) is 9.10. The van der Waals surface area contributed by atoms with Crippen molar-refractivity contribution in [3.8, 4) is 6.07 Å². The number of nitriles is 1. The maximum absolute atomic E-state index is 11.5. The number of esters is 1. The van der Waals surface area contributed by atoms with Gasteiger partial charge in [-0.2, -0.15) is 5.26 Å². The minimum atomic E-state index is -0.929. The fraction of sp³-hybridized carbons (Fsp3) is 0.500. The molecule has 0 saturated carbocycles. The van der Waals surface area contributed by atoms with Gasteiger partial charge in [0.25, 0.3) is 0 Å². The van der Waals surface area contributed by atoms with Crippen molar-refractivity contribution in [2.45, 2.75) is 26.8 Å². The lowest BCUT2D eigenvalue weighted by Gasteiger charge is -2.15. The molecule has 0 bridgehead atoms. The summed E-state index contributed by atoms with van der Waals surface area (Å²) in [5.74, 6) is -1.17. The van der Waals surface area contributed by atoms with Gasteiger partial charge in [0.05, 0.1) is 18.7 Å². The summed E-state index contributed by atoms with van der Waals surface area (Å²) in [4.78, 5) is 17.0. The Morgan fingerprint density at radius 1 is 1.63 bits per heavy atom. The van der Waals surface area contributed by atoms with Gasteiger partial charge in [-0.05, 0) is 24.3 Å². The molecule has 1 aromatic heterocycles. The normalized spacial score (nSPS) is 14.3. The maximum atomic E-state index is 11.5. The van der Waals surface area contributed by atoms with Crippen LogP contribution in [0.25, 0.3) is 0 Å². The number of carbonyl (C=O) groups is 1. The molecule has 19 heavy (non-hydrogen) atoms. The van der Waals surface area contributed by atoms with Crippen LogP contribution in [-0.4, -0.2) is 18.8 Å². The molecule has 0 fully saturated rings. The van der Waals surface area contributed by atoms with Crippen LogP contribution in [0, 0.1) is 23.2 Å². The van der Waals surface area contributed by atoms with Crippen LogP contribution in [0.5, 0.6) is 0 Å². The Kier molecular flexibility index (Phi) is 6.23. The van der Waals surface area contributed by atoms with E-state index in [1.807, 2.05) is 23.6 Å². The van der Waals surface area contributed by atoms with E-state index in [9.17, 15) is 4.79 Å². The molecule has 1 heterocycles. The first kappa shape index (κ1) is 15.4. The highest BCUT2D eigenvalue weighted by Gasteiger charge is 2.19. The van der Waals surface area contributed by atoms with E-state index in [1.54, 1.807) is 18.3 Å². The van der Waals surface area contributed by atoms with Crippen LogP contribution in [0.15, 0.2) is 22.5 Å². The van der Waals surface area contributed by atoms with Crippen LogP contribution in [0.4, 0.5) is 0 Å². The zero-order valence-electron chi connectivity index (χ0n) is 11.4. The molecule has 2 atom stereocenters. The Morgan fingerprint density at radius 3 is 2.84 bits per heavy atom. The Bertz CT molecular complexity index is 460. The molecule has 1 rings (SSSR count). The Hall–Kier alpha value is -1.67. The molecule has 102 valence electrons. The fourth-order valence-electron chi connectivity index (χ4n) is 1.59. The van der Waals surface area contributed by atoms with Crippen LogP contribution in [0.3, 0.4) is 0 Å². The molecule has 0 aliphatic carbocycles. The van der Waals surface area contributed by atoms with Crippen molar-refractivity contribution < 1.29 is 9.53 Å². The molecule has 0 N–H and O–H groups in total. The van der Waals surface area contributed by atoms with E-state index < -0.39 is 11.9 Å². The average Bonchev–Trinajstić information content (AvgIpc) is 2.88. The highest BCUT2D eigenvalue weighted by Crippen LogP contribution is 2.29. The van der Waals surface area contributed by atoms with Crippen LogP contribution in [0.1, 0.15) is 31.7 Å². The van der Waals surface area contributed by atoms with Gasteiger partial charge in [0, 0.05) is 11.1 Å². The molecule has 0 saturated heterocycles. The van der Waals surface area contributed by atoms with Crippen molar-refractivity contribution >= 4 is 23.5 Å². The summed E-state index contributed by atoms with van der Waals surface area (Å²) in [5.41, 5.74) is 0. The molecule has 0 aliphatic heterocycles. The van der Waals surface area contributed by atoms with Crippen molar-refractivity contribution in [3.63, 3.8) is 0 Å². The number of hydrogen-bond donors (Lipinski definition) is 0. The standard InChI is InChI=1S/C14H18N2O2S/c1-4-18-14(17)11(8-15)9-16-13(10(2)3)12-6-5-7-19-12/h5-7,9-11,13H,4H2,1-3H3/t11-,13+/m1/s1. The zero-order chi connectivity index (χ0) is 14.3. The van der Waals surface area contributed by atoms with Gasteiger partial charge in [-0.3, -0.25) is 9.79 Å². The van der Waals surface area contributed by atoms with Crippen molar-refractivity contribution in [2.75, 3.05) is 6.61 Å². The fourth-order valence-corrected chi connectivity index (χ4v) is 2.54. The smallest absolute Gasteiger partial charge is 0.328 e. The number of thiophene rings is 1. The lowest BCUT2D eigenvalue weighted by molar-refractivity contribution is -0.143. The number of hydrogen-bond acceptors (Lipinski definition) is 5. The summed E-state index contributed by atoms with van der Waals surface area (Å²) in [6.45, 7) is 6.11. The summed E-state index contributed by atoms with van der Waals surface area (Å²) in [7, 11) is 0. The van der Waals surface area contributed by atoms with Crippen molar-refractivity contribution in [3.05, 3.63) is 22.4 Å². The van der Waals surface area contributed by atoms with Crippen LogP contribution >= 0.6 is 11.3 Å². The van der Waals surface area contributed by atoms with Gasteiger partial charge < -0.3 is 4.74 Å². The van der Waals surface area contributed by atoms with Gasteiger partial charge in [0.2, 0.25) is 0 Å². The van der Waals surface area contributed by atoms with Gasteiger partial charge in [-0.1, -0.05) is 19.9 Å². The molecule has 4 nitrogen and oxygen atoms in total. The maximum Gasteiger partial charge on any atom is 0.328 e. The van der Waals surface area contributed by atoms with Gasteiger partial charge in [0.15, 0.2) is 5.92 Å². The highest BCUT2D eigenvalue weighted by atomic mass is 32.1. The van der Waals surface area contributed by atoms with Gasteiger partial charge in [-0.25, -0.2) is 0 Å². The summed E-state index contributed by atoms with van der Waals surface area (Å²) < 4.78 is 4.83. The SMILES string of the molecule is CCOC(=O)[C@H](C#N)C=N[C@H](c1cccs1)C(C)C. The van der Waals surface area contributed by atoms with Gasteiger partial charge in [0.1, 0.15) is 0 Å². The first-order valence-electron chi connectivity index (χ1n) is 6.23. The Labute approximate surface area is 117 Å². The molecule has 1 aromatic rings. The lowest BCUT2D eigenvalue weighted by atomic mass is 10.0. The van der Waals surface area contributed by atoms with Crippen molar-refractivity contribution in [1.29, 1.82) is 5.26 Å². The number of carbonyl (C=O) groups excluding carboxylic acids is 1. The van der Waals surface area contributed by atoms with Gasteiger partial charge >= 0.3 is 5.97 Å². The summed E-state index contributed by atoms with van der Waals surface area (Å²) in [6.07, 6.45) is 1.41.